The molecular formula is C11H10N6S. The van der Waals surface area contributed by atoms with Gasteiger partial charge in [-0.05, 0) is 12.1 Å². The zero-order valence-electron chi connectivity index (χ0n) is 9.29. The van der Waals surface area contributed by atoms with Crippen LogP contribution < -0.4 is 11.3 Å². The van der Waals surface area contributed by atoms with Gasteiger partial charge in [0.05, 0.1) is 11.6 Å². The van der Waals surface area contributed by atoms with Crippen molar-refractivity contribution in [3.05, 3.63) is 36.5 Å². The topological polar surface area (TPSA) is 92.5 Å². The summed E-state index contributed by atoms with van der Waals surface area (Å²) in [5, 5.41) is 8.47. The van der Waals surface area contributed by atoms with E-state index in [1.165, 1.54) is 0 Å². The highest BCUT2D eigenvalue weighted by Gasteiger charge is 2.10. The molecule has 3 rings (SSSR count). The molecule has 0 aliphatic carbocycles. The van der Waals surface area contributed by atoms with Crippen molar-refractivity contribution >= 4 is 28.7 Å². The maximum atomic E-state index is 5.35. The second-order valence-corrected chi connectivity index (χ2v) is 4.61. The van der Waals surface area contributed by atoms with Gasteiger partial charge in [0.25, 0.3) is 0 Å². The first kappa shape index (κ1) is 11.0. The van der Waals surface area contributed by atoms with Crippen molar-refractivity contribution < 1.29 is 0 Å². The fourth-order valence-electron chi connectivity index (χ4n) is 1.55. The minimum Gasteiger partial charge on any atom is -0.292 e. The summed E-state index contributed by atoms with van der Waals surface area (Å²) in [5.74, 6) is 5.72. The Morgan fingerprint density at radius 2 is 2.00 bits per heavy atom. The molecule has 90 valence electrons. The fourth-order valence-corrected chi connectivity index (χ4v) is 2.46. The average molecular weight is 258 g/mol. The van der Waals surface area contributed by atoms with Gasteiger partial charge in [-0.1, -0.05) is 30.0 Å². The Labute approximate surface area is 107 Å². The van der Waals surface area contributed by atoms with Crippen LogP contribution in [0.3, 0.4) is 0 Å². The van der Waals surface area contributed by atoms with Gasteiger partial charge in [0, 0.05) is 4.90 Å². The van der Waals surface area contributed by atoms with E-state index in [-0.39, 0.29) is 0 Å². The molecule has 0 aliphatic rings. The summed E-state index contributed by atoms with van der Waals surface area (Å²) in [6.45, 7) is 0. The lowest BCUT2D eigenvalue weighted by molar-refractivity contribution is 1.05. The van der Waals surface area contributed by atoms with Gasteiger partial charge in [-0.2, -0.15) is 10.1 Å². The van der Waals surface area contributed by atoms with Crippen molar-refractivity contribution in [2.75, 3.05) is 5.43 Å². The van der Waals surface area contributed by atoms with E-state index in [2.05, 4.69) is 25.6 Å². The minimum absolute atomic E-state index is 0.366. The quantitative estimate of drug-likeness (QED) is 0.377. The summed E-state index contributed by atoms with van der Waals surface area (Å²) in [5.41, 5.74) is 3.12. The lowest BCUT2D eigenvalue weighted by atomic mass is 10.4. The van der Waals surface area contributed by atoms with E-state index in [0.29, 0.717) is 11.6 Å². The number of hydrazine groups is 1. The van der Waals surface area contributed by atoms with Crippen LogP contribution >= 0.6 is 11.8 Å². The highest BCUT2D eigenvalue weighted by Crippen LogP contribution is 2.31. The number of aromatic amines is 1. The summed E-state index contributed by atoms with van der Waals surface area (Å²) in [6.07, 6.45) is 1.71. The number of nitrogens with two attached hydrogens (primary N) is 1. The predicted molar refractivity (Wildman–Crippen MR) is 70.1 cm³/mol. The summed E-state index contributed by atoms with van der Waals surface area (Å²) >= 11 is 1.54. The van der Waals surface area contributed by atoms with Crippen LogP contribution in [0.2, 0.25) is 0 Å². The van der Waals surface area contributed by atoms with Crippen molar-refractivity contribution in [3.8, 4) is 0 Å². The molecule has 4 N–H and O–H groups in total. The molecule has 3 aromatic rings. The molecular weight excluding hydrogens is 248 g/mol. The number of hydrogen-bond acceptors (Lipinski definition) is 6. The van der Waals surface area contributed by atoms with Crippen molar-refractivity contribution in [2.45, 2.75) is 9.92 Å². The highest BCUT2D eigenvalue weighted by molar-refractivity contribution is 7.99. The van der Waals surface area contributed by atoms with Gasteiger partial charge in [-0.3, -0.25) is 10.5 Å². The number of aromatic nitrogens is 4. The zero-order valence-corrected chi connectivity index (χ0v) is 10.1. The first-order valence-electron chi connectivity index (χ1n) is 5.27. The van der Waals surface area contributed by atoms with Crippen LogP contribution in [0.15, 0.2) is 46.5 Å². The van der Waals surface area contributed by atoms with Crippen LogP contribution in [0, 0.1) is 0 Å². The van der Waals surface area contributed by atoms with Crippen molar-refractivity contribution in [2.24, 2.45) is 5.84 Å². The molecule has 2 aromatic heterocycles. The van der Waals surface area contributed by atoms with E-state index in [1.54, 1.807) is 18.0 Å². The first-order chi connectivity index (χ1) is 8.86. The van der Waals surface area contributed by atoms with Gasteiger partial charge in [0.15, 0.2) is 5.65 Å². The molecule has 0 aliphatic heterocycles. The number of nitrogens with one attached hydrogen (secondary N) is 2. The number of benzene rings is 1. The number of hydrogen-bond donors (Lipinski definition) is 3. The Hall–Kier alpha value is -2.12. The lowest BCUT2D eigenvalue weighted by Crippen LogP contribution is -2.10. The number of anilines is 1. The van der Waals surface area contributed by atoms with Crippen LogP contribution in [0.1, 0.15) is 0 Å². The number of rotatable bonds is 3. The third-order valence-corrected chi connectivity index (χ3v) is 3.37. The number of fused-ring (bicyclic) bond motifs is 1. The molecule has 2 heterocycles. The molecule has 0 radical (unpaired) electrons. The van der Waals surface area contributed by atoms with Crippen LogP contribution in [0.4, 0.5) is 5.95 Å². The van der Waals surface area contributed by atoms with E-state index >= 15 is 0 Å². The monoisotopic (exact) mass is 258 g/mol. The SMILES string of the molecule is NNc1nc(Sc2ccccc2)c2cn[nH]c2n1. The van der Waals surface area contributed by atoms with Crippen molar-refractivity contribution in [1.82, 2.24) is 20.2 Å². The number of nitrogen functional groups attached to an aromatic ring is 1. The van der Waals surface area contributed by atoms with E-state index in [9.17, 15) is 0 Å². The second kappa shape index (κ2) is 4.63. The average Bonchev–Trinajstić information content (AvgIpc) is 2.88. The summed E-state index contributed by atoms with van der Waals surface area (Å²) in [7, 11) is 0. The third kappa shape index (κ3) is 2.01. The minimum atomic E-state index is 0.366. The van der Waals surface area contributed by atoms with Crippen LogP contribution in [0.5, 0.6) is 0 Å². The molecule has 0 amide bonds. The van der Waals surface area contributed by atoms with Gasteiger partial charge in [-0.15, -0.1) is 0 Å². The summed E-state index contributed by atoms with van der Waals surface area (Å²) < 4.78 is 0. The van der Waals surface area contributed by atoms with Crippen molar-refractivity contribution in [1.29, 1.82) is 0 Å². The van der Waals surface area contributed by atoms with E-state index in [1.807, 2.05) is 30.3 Å². The number of nitrogens with zero attached hydrogens (tertiary/aromatic N) is 3. The van der Waals surface area contributed by atoms with Gasteiger partial charge in [-0.25, -0.2) is 10.8 Å². The predicted octanol–water partition coefficient (Wildman–Crippen LogP) is 1.79. The smallest absolute Gasteiger partial charge is 0.240 e. The van der Waals surface area contributed by atoms with E-state index in [4.69, 9.17) is 5.84 Å². The van der Waals surface area contributed by atoms with Gasteiger partial charge < -0.3 is 0 Å². The molecule has 0 saturated heterocycles. The third-order valence-electron chi connectivity index (χ3n) is 2.36. The van der Waals surface area contributed by atoms with Crippen molar-refractivity contribution in [3.63, 3.8) is 0 Å². The normalized spacial score (nSPS) is 10.7. The van der Waals surface area contributed by atoms with Crippen LogP contribution in [-0.4, -0.2) is 20.2 Å². The Balaban J connectivity index is 2.07. The first-order valence-corrected chi connectivity index (χ1v) is 6.09. The Bertz CT molecular complexity index is 666. The van der Waals surface area contributed by atoms with Crippen LogP contribution in [-0.2, 0) is 0 Å². The van der Waals surface area contributed by atoms with Gasteiger partial charge >= 0.3 is 0 Å². The molecule has 7 heteroatoms. The molecule has 6 nitrogen and oxygen atoms in total. The Morgan fingerprint density at radius 1 is 1.17 bits per heavy atom. The molecule has 18 heavy (non-hydrogen) atoms. The Morgan fingerprint density at radius 3 is 2.78 bits per heavy atom. The fraction of sp³-hybridized carbons (Fsp3) is 0. The van der Waals surface area contributed by atoms with Gasteiger partial charge in [0.2, 0.25) is 5.95 Å². The summed E-state index contributed by atoms with van der Waals surface area (Å²) in [4.78, 5) is 9.62. The molecule has 0 saturated carbocycles. The standard InChI is InChI=1S/C11H10N6S/c12-16-11-14-9-8(6-13-17-9)10(15-11)18-7-4-2-1-3-5-7/h1-6H,12H2,(H2,13,14,15,16,17). The Kier molecular flexibility index (Phi) is 2.83. The van der Waals surface area contributed by atoms with Crippen LogP contribution in [0.25, 0.3) is 11.0 Å². The van der Waals surface area contributed by atoms with Gasteiger partial charge in [0.1, 0.15) is 5.03 Å². The maximum Gasteiger partial charge on any atom is 0.240 e. The molecule has 0 unspecified atom stereocenters. The molecule has 0 atom stereocenters. The van der Waals surface area contributed by atoms with E-state index in [0.717, 1.165) is 15.3 Å². The second-order valence-electron chi connectivity index (χ2n) is 3.54. The number of H-pyrrole nitrogens is 1. The maximum absolute atomic E-state index is 5.35. The highest BCUT2D eigenvalue weighted by atomic mass is 32.2. The zero-order chi connectivity index (χ0) is 12.4. The summed E-state index contributed by atoms with van der Waals surface area (Å²) in [6, 6.07) is 9.99. The molecule has 0 spiro atoms. The van der Waals surface area contributed by atoms with E-state index < -0.39 is 0 Å². The molecule has 0 bridgehead atoms. The molecule has 0 fully saturated rings. The molecule has 1 aromatic carbocycles. The largest absolute Gasteiger partial charge is 0.292 e. The lowest BCUT2D eigenvalue weighted by Gasteiger charge is -2.04.